The maximum absolute atomic E-state index is 11.0. The fraction of sp³-hybridized carbons (Fsp3) is 0.889. The summed E-state index contributed by atoms with van der Waals surface area (Å²) in [5, 5.41) is 9.01. The van der Waals surface area contributed by atoms with Crippen molar-refractivity contribution in [1.82, 2.24) is 4.90 Å². The molecule has 2 fully saturated rings. The van der Waals surface area contributed by atoms with E-state index in [9.17, 15) is 4.79 Å². The minimum absolute atomic E-state index is 0.0198. The lowest BCUT2D eigenvalue weighted by Gasteiger charge is -2.25. The van der Waals surface area contributed by atoms with Gasteiger partial charge in [0.15, 0.2) is 0 Å². The van der Waals surface area contributed by atoms with Crippen molar-refractivity contribution >= 4 is 5.97 Å². The summed E-state index contributed by atoms with van der Waals surface area (Å²) in [4.78, 5) is 12.7. The maximum atomic E-state index is 11.0. The van der Waals surface area contributed by atoms with E-state index in [4.69, 9.17) is 14.6 Å². The number of carboxylic acids is 1. The molecular formula is C9H15NO4. The average molecular weight is 201 g/mol. The van der Waals surface area contributed by atoms with E-state index in [1.807, 2.05) is 0 Å². The number of hydrogen-bond donors (Lipinski definition) is 1. The molecule has 3 atom stereocenters. The Kier molecular flexibility index (Phi) is 2.25. The largest absolute Gasteiger partial charge is 0.478 e. The average Bonchev–Trinajstić information content (AvgIpc) is 2.82. The van der Waals surface area contributed by atoms with Gasteiger partial charge in [0, 0.05) is 13.0 Å². The number of carboxylic acid groups (broad SMARTS) is 1. The highest BCUT2D eigenvalue weighted by atomic mass is 16.6. The van der Waals surface area contributed by atoms with E-state index in [1.54, 1.807) is 18.9 Å². The lowest BCUT2D eigenvalue weighted by molar-refractivity contribution is -0.175. The molecule has 80 valence electrons. The van der Waals surface area contributed by atoms with Crippen LogP contribution in [0.5, 0.6) is 0 Å². The third-order valence-corrected chi connectivity index (χ3v) is 2.93. The van der Waals surface area contributed by atoms with E-state index in [0.717, 1.165) is 13.0 Å². The van der Waals surface area contributed by atoms with Crippen molar-refractivity contribution in [3.63, 3.8) is 0 Å². The first-order valence-corrected chi connectivity index (χ1v) is 4.76. The van der Waals surface area contributed by atoms with E-state index < -0.39 is 11.7 Å². The van der Waals surface area contributed by atoms with Crippen LogP contribution in [0.4, 0.5) is 0 Å². The van der Waals surface area contributed by atoms with Gasteiger partial charge in [-0.3, -0.25) is 4.90 Å². The van der Waals surface area contributed by atoms with Gasteiger partial charge in [-0.2, -0.15) is 0 Å². The highest BCUT2D eigenvalue weighted by molar-refractivity contribution is 5.76. The first-order chi connectivity index (χ1) is 6.52. The summed E-state index contributed by atoms with van der Waals surface area (Å²) in [5.41, 5.74) is -1.17. The number of carbonyl (C=O) groups is 1. The van der Waals surface area contributed by atoms with Crippen molar-refractivity contribution in [2.45, 2.75) is 31.3 Å². The fourth-order valence-electron chi connectivity index (χ4n) is 1.77. The van der Waals surface area contributed by atoms with Gasteiger partial charge in [-0.25, -0.2) is 4.79 Å². The molecule has 2 aliphatic rings. The molecule has 0 aliphatic carbocycles. The number of ether oxygens (including phenoxy) is 2. The van der Waals surface area contributed by atoms with Crippen LogP contribution < -0.4 is 0 Å². The molecule has 0 spiro atoms. The van der Waals surface area contributed by atoms with Gasteiger partial charge in [0.25, 0.3) is 0 Å². The van der Waals surface area contributed by atoms with Crippen molar-refractivity contribution in [3.8, 4) is 0 Å². The predicted molar refractivity (Wildman–Crippen MR) is 47.9 cm³/mol. The number of hydrogen-bond acceptors (Lipinski definition) is 4. The molecule has 0 saturated carbocycles. The highest BCUT2D eigenvalue weighted by Crippen LogP contribution is 2.30. The smallest absolute Gasteiger partial charge is 0.351 e. The zero-order valence-corrected chi connectivity index (χ0v) is 8.40. The molecule has 14 heavy (non-hydrogen) atoms. The number of nitrogens with zero attached hydrogens (tertiary/aromatic N) is 1. The lowest BCUT2D eigenvalue weighted by atomic mass is 10.2. The van der Waals surface area contributed by atoms with Gasteiger partial charge >= 0.3 is 5.97 Å². The Morgan fingerprint density at radius 2 is 2.29 bits per heavy atom. The van der Waals surface area contributed by atoms with Crippen molar-refractivity contribution in [1.29, 1.82) is 0 Å². The Hall–Kier alpha value is -0.650. The lowest BCUT2D eigenvalue weighted by Crippen LogP contribution is -2.46. The van der Waals surface area contributed by atoms with Crippen LogP contribution in [0.25, 0.3) is 0 Å². The van der Waals surface area contributed by atoms with Crippen LogP contribution in [0.2, 0.25) is 0 Å². The zero-order chi connectivity index (χ0) is 10.3. The summed E-state index contributed by atoms with van der Waals surface area (Å²) in [7, 11) is 1.77. The summed E-state index contributed by atoms with van der Waals surface area (Å²) in [5.74, 6) is -0.931. The highest BCUT2D eigenvalue weighted by Gasteiger charge is 2.48. The van der Waals surface area contributed by atoms with Crippen LogP contribution in [-0.2, 0) is 14.3 Å². The third kappa shape index (κ3) is 1.63. The van der Waals surface area contributed by atoms with Crippen LogP contribution in [0.15, 0.2) is 0 Å². The van der Waals surface area contributed by atoms with Gasteiger partial charge < -0.3 is 14.6 Å². The van der Waals surface area contributed by atoms with Crippen LogP contribution in [0, 0.1) is 0 Å². The van der Waals surface area contributed by atoms with Crippen LogP contribution in [0.3, 0.4) is 0 Å². The van der Waals surface area contributed by atoms with Gasteiger partial charge in [0.2, 0.25) is 5.72 Å². The number of aliphatic carboxylic acids is 1. The third-order valence-electron chi connectivity index (χ3n) is 2.93. The summed E-state index contributed by atoms with van der Waals surface area (Å²) in [6, 6.07) is 0. The Bertz CT molecular complexity index is 253. The first kappa shape index (κ1) is 9.89. The monoisotopic (exact) mass is 201 g/mol. The zero-order valence-electron chi connectivity index (χ0n) is 8.40. The number of likely N-dealkylation sites (N-methyl/N-ethyl adjacent to an activating group) is 1. The van der Waals surface area contributed by atoms with Gasteiger partial charge in [0.1, 0.15) is 0 Å². The predicted octanol–water partition coefficient (Wildman–Crippen LogP) is -0.0933. The van der Waals surface area contributed by atoms with Gasteiger partial charge in [-0.1, -0.05) is 0 Å². The molecule has 5 nitrogen and oxygen atoms in total. The second-order valence-electron chi connectivity index (χ2n) is 4.10. The molecule has 5 heteroatoms. The summed E-state index contributed by atoms with van der Waals surface area (Å²) in [6.07, 6.45) is 1.06. The molecule has 0 aromatic carbocycles. The number of epoxide rings is 1. The molecule has 2 rings (SSSR count). The molecular weight excluding hydrogens is 186 g/mol. The molecule has 0 bridgehead atoms. The minimum atomic E-state index is -1.17. The second-order valence-corrected chi connectivity index (χ2v) is 4.10. The molecule has 0 aromatic heterocycles. The van der Waals surface area contributed by atoms with Gasteiger partial charge in [0.05, 0.1) is 18.8 Å². The molecule has 2 aliphatic heterocycles. The van der Waals surface area contributed by atoms with Gasteiger partial charge in [-0.15, -0.1) is 0 Å². The molecule has 3 unspecified atom stereocenters. The molecule has 1 N–H and O–H groups in total. The SMILES string of the molecule is CN1CC(CC2CO2)OC1(C)C(=O)O. The van der Waals surface area contributed by atoms with Crippen LogP contribution in [0.1, 0.15) is 13.3 Å². The first-order valence-electron chi connectivity index (χ1n) is 4.76. The molecule has 0 amide bonds. The molecule has 2 saturated heterocycles. The van der Waals surface area contributed by atoms with E-state index in [1.165, 1.54) is 0 Å². The molecule has 0 radical (unpaired) electrons. The fourth-order valence-corrected chi connectivity index (χ4v) is 1.77. The Morgan fingerprint density at radius 3 is 2.71 bits per heavy atom. The quantitative estimate of drug-likeness (QED) is 0.646. The van der Waals surface area contributed by atoms with E-state index >= 15 is 0 Å². The Balaban J connectivity index is 1.97. The summed E-state index contributed by atoms with van der Waals surface area (Å²) in [6.45, 7) is 3.03. The Morgan fingerprint density at radius 1 is 1.64 bits per heavy atom. The van der Waals surface area contributed by atoms with Crippen molar-refractivity contribution in [3.05, 3.63) is 0 Å². The van der Waals surface area contributed by atoms with Crippen LogP contribution in [-0.4, -0.2) is 54.1 Å². The molecule has 2 heterocycles. The summed E-state index contributed by atoms with van der Waals surface area (Å²) < 4.78 is 10.6. The van der Waals surface area contributed by atoms with E-state index in [0.29, 0.717) is 6.54 Å². The Labute approximate surface area is 82.6 Å². The van der Waals surface area contributed by atoms with Crippen molar-refractivity contribution in [2.24, 2.45) is 0 Å². The standard InChI is InChI=1S/C9H15NO4/c1-9(8(11)12)10(2)4-6(14-9)3-7-5-13-7/h6-7H,3-5H2,1-2H3,(H,11,12). The van der Waals surface area contributed by atoms with Crippen molar-refractivity contribution < 1.29 is 19.4 Å². The van der Waals surface area contributed by atoms with Gasteiger partial charge in [-0.05, 0) is 14.0 Å². The second kappa shape index (κ2) is 3.18. The molecule has 0 aromatic rings. The van der Waals surface area contributed by atoms with Crippen molar-refractivity contribution in [2.75, 3.05) is 20.2 Å². The number of rotatable bonds is 3. The maximum Gasteiger partial charge on any atom is 0.351 e. The van der Waals surface area contributed by atoms with Crippen LogP contribution >= 0.6 is 0 Å². The van der Waals surface area contributed by atoms with E-state index in [-0.39, 0.29) is 12.2 Å². The topological polar surface area (TPSA) is 62.3 Å². The minimum Gasteiger partial charge on any atom is -0.478 e. The normalized spacial score (nSPS) is 42.7. The van der Waals surface area contributed by atoms with E-state index in [2.05, 4.69) is 0 Å². The summed E-state index contributed by atoms with van der Waals surface area (Å²) >= 11 is 0.